The SMILES string of the molecule is CCCCCCCCCCCCCCC/C=C/C(O)C(CO)NC(=O)CCCCCCCCCCCCCCCC/C=C\C/C=C\CCOC(=O)CCCCCCCCCCCCCCCCCC. The summed E-state index contributed by atoms with van der Waals surface area (Å²) in [4.78, 5) is 24.5. The van der Waals surface area contributed by atoms with E-state index in [0.29, 0.717) is 19.4 Å². The maximum Gasteiger partial charge on any atom is 0.305 e. The van der Waals surface area contributed by atoms with Crippen molar-refractivity contribution in [2.24, 2.45) is 0 Å². The van der Waals surface area contributed by atoms with Gasteiger partial charge < -0.3 is 20.3 Å². The minimum absolute atomic E-state index is 0.0323. The van der Waals surface area contributed by atoms with Crippen molar-refractivity contribution in [3.05, 3.63) is 36.5 Å². The van der Waals surface area contributed by atoms with Crippen LogP contribution in [0.5, 0.6) is 0 Å². The van der Waals surface area contributed by atoms with E-state index in [4.69, 9.17) is 4.74 Å². The van der Waals surface area contributed by atoms with Crippen LogP contribution in [-0.4, -0.2) is 47.4 Å². The zero-order valence-corrected chi connectivity index (χ0v) is 46.3. The van der Waals surface area contributed by atoms with Gasteiger partial charge in [0.2, 0.25) is 5.91 Å². The van der Waals surface area contributed by atoms with Gasteiger partial charge in [-0.05, 0) is 51.4 Å². The van der Waals surface area contributed by atoms with E-state index in [1.54, 1.807) is 6.08 Å². The lowest BCUT2D eigenvalue weighted by Crippen LogP contribution is -2.45. The minimum atomic E-state index is -0.848. The van der Waals surface area contributed by atoms with Crippen LogP contribution in [0.25, 0.3) is 0 Å². The van der Waals surface area contributed by atoms with Gasteiger partial charge in [-0.1, -0.05) is 301 Å². The van der Waals surface area contributed by atoms with Crippen molar-refractivity contribution in [1.29, 1.82) is 0 Å². The lowest BCUT2D eigenvalue weighted by molar-refractivity contribution is -0.143. The number of rotatable bonds is 57. The van der Waals surface area contributed by atoms with Gasteiger partial charge in [0.05, 0.1) is 25.4 Å². The molecule has 0 aliphatic rings. The Morgan fingerprint density at radius 2 is 0.725 bits per heavy atom. The molecule has 0 fully saturated rings. The van der Waals surface area contributed by atoms with Gasteiger partial charge in [0, 0.05) is 12.8 Å². The van der Waals surface area contributed by atoms with Crippen molar-refractivity contribution in [3.63, 3.8) is 0 Å². The molecule has 0 rings (SSSR count). The molecule has 406 valence electrons. The summed E-state index contributed by atoms with van der Waals surface area (Å²) in [6, 6.07) is -0.632. The summed E-state index contributed by atoms with van der Waals surface area (Å²) in [6.45, 7) is 4.81. The Morgan fingerprint density at radius 1 is 0.406 bits per heavy atom. The normalized spacial score (nSPS) is 12.8. The third-order valence-electron chi connectivity index (χ3n) is 14.2. The van der Waals surface area contributed by atoms with Gasteiger partial charge in [0.15, 0.2) is 0 Å². The quantitative estimate of drug-likeness (QED) is 0.0321. The fourth-order valence-electron chi connectivity index (χ4n) is 9.47. The van der Waals surface area contributed by atoms with Gasteiger partial charge in [-0.25, -0.2) is 0 Å². The van der Waals surface area contributed by atoms with Gasteiger partial charge in [-0.2, -0.15) is 0 Å². The van der Waals surface area contributed by atoms with E-state index in [9.17, 15) is 19.8 Å². The highest BCUT2D eigenvalue weighted by molar-refractivity contribution is 5.76. The molecule has 0 radical (unpaired) electrons. The third-order valence-corrected chi connectivity index (χ3v) is 14.2. The first-order valence-electron chi connectivity index (χ1n) is 30.8. The summed E-state index contributed by atoms with van der Waals surface area (Å²) in [6.07, 6.45) is 73.4. The van der Waals surface area contributed by atoms with Crippen LogP contribution < -0.4 is 5.32 Å². The minimum Gasteiger partial charge on any atom is -0.465 e. The van der Waals surface area contributed by atoms with Crippen LogP contribution in [0.4, 0.5) is 0 Å². The third kappa shape index (κ3) is 55.2. The number of hydrogen-bond donors (Lipinski definition) is 3. The first-order valence-corrected chi connectivity index (χ1v) is 30.8. The number of ether oxygens (including phenoxy) is 1. The molecule has 0 aliphatic heterocycles. The highest BCUT2D eigenvalue weighted by Crippen LogP contribution is 2.17. The molecule has 69 heavy (non-hydrogen) atoms. The number of nitrogens with one attached hydrogen (secondary N) is 1. The fourth-order valence-corrected chi connectivity index (χ4v) is 9.47. The summed E-state index contributed by atoms with van der Waals surface area (Å²) in [5.74, 6) is -0.104. The Balaban J connectivity index is 3.46. The maximum absolute atomic E-state index is 12.5. The van der Waals surface area contributed by atoms with Crippen LogP contribution in [0.15, 0.2) is 36.5 Å². The van der Waals surface area contributed by atoms with Gasteiger partial charge in [-0.15, -0.1) is 0 Å². The van der Waals surface area contributed by atoms with Crippen LogP contribution in [0.1, 0.15) is 328 Å². The lowest BCUT2D eigenvalue weighted by Gasteiger charge is -2.20. The second-order valence-electron chi connectivity index (χ2n) is 21.0. The fraction of sp³-hybridized carbons (Fsp3) is 0.873. The van der Waals surface area contributed by atoms with E-state index < -0.39 is 12.1 Å². The molecule has 3 N–H and O–H groups in total. The van der Waals surface area contributed by atoms with Crippen LogP contribution in [0.3, 0.4) is 0 Å². The molecule has 6 nitrogen and oxygen atoms in total. The molecule has 0 aromatic rings. The highest BCUT2D eigenvalue weighted by atomic mass is 16.5. The Labute approximate surface area is 430 Å². The molecule has 0 aliphatic carbocycles. The summed E-state index contributed by atoms with van der Waals surface area (Å²) in [7, 11) is 0. The number of hydrogen-bond acceptors (Lipinski definition) is 5. The molecule has 0 aromatic heterocycles. The molecule has 6 heteroatoms. The summed E-state index contributed by atoms with van der Waals surface area (Å²) in [5.41, 5.74) is 0. The van der Waals surface area contributed by atoms with Crippen molar-refractivity contribution in [2.45, 2.75) is 341 Å². The zero-order chi connectivity index (χ0) is 50.0. The number of aliphatic hydroxyl groups is 2. The van der Waals surface area contributed by atoms with Crippen molar-refractivity contribution in [3.8, 4) is 0 Å². The lowest BCUT2D eigenvalue weighted by atomic mass is 10.0. The summed E-state index contributed by atoms with van der Waals surface area (Å²) < 4.78 is 5.43. The van der Waals surface area contributed by atoms with Crippen LogP contribution >= 0.6 is 0 Å². The second-order valence-corrected chi connectivity index (χ2v) is 21.0. The largest absolute Gasteiger partial charge is 0.465 e. The average Bonchev–Trinajstić information content (AvgIpc) is 3.35. The molecule has 0 spiro atoms. The molecular formula is C63H119NO5. The van der Waals surface area contributed by atoms with E-state index in [2.05, 4.69) is 43.5 Å². The van der Waals surface area contributed by atoms with E-state index in [1.807, 2.05) is 6.08 Å². The van der Waals surface area contributed by atoms with Crippen LogP contribution in [0, 0.1) is 0 Å². The molecular weight excluding hydrogens is 851 g/mol. The Bertz CT molecular complexity index is 1120. The molecule has 2 atom stereocenters. The number of carbonyl (C=O) groups excluding carboxylic acids is 2. The zero-order valence-electron chi connectivity index (χ0n) is 46.3. The Kier molecular flexibility index (Phi) is 57.0. The number of aliphatic hydroxyl groups excluding tert-OH is 2. The predicted molar refractivity (Wildman–Crippen MR) is 301 cm³/mol. The Morgan fingerprint density at radius 3 is 1.10 bits per heavy atom. The average molecular weight is 971 g/mol. The summed E-state index contributed by atoms with van der Waals surface area (Å²) >= 11 is 0. The van der Waals surface area contributed by atoms with E-state index in [1.165, 1.54) is 250 Å². The number of allylic oxidation sites excluding steroid dienone is 4. The molecule has 0 saturated carbocycles. The number of unbranched alkanes of at least 4 members (excludes halogenated alkanes) is 42. The van der Waals surface area contributed by atoms with E-state index in [0.717, 1.165) is 51.4 Å². The van der Waals surface area contributed by atoms with Gasteiger partial charge in [-0.3, -0.25) is 9.59 Å². The highest BCUT2D eigenvalue weighted by Gasteiger charge is 2.18. The van der Waals surface area contributed by atoms with Crippen molar-refractivity contribution in [1.82, 2.24) is 5.32 Å². The van der Waals surface area contributed by atoms with Crippen molar-refractivity contribution in [2.75, 3.05) is 13.2 Å². The molecule has 0 aromatic carbocycles. The maximum atomic E-state index is 12.5. The first-order chi connectivity index (χ1) is 34.0. The number of carbonyl (C=O) groups is 2. The van der Waals surface area contributed by atoms with E-state index >= 15 is 0 Å². The monoisotopic (exact) mass is 970 g/mol. The van der Waals surface area contributed by atoms with E-state index in [-0.39, 0.29) is 18.5 Å². The molecule has 1 amide bonds. The smallest absolute Gasteiger partial charge is 0.305 e. The number of esters is 1. The molecule has 0 heterocycles. The summed E-state index contributed by atoms with van der Waals surface area (Å²) in [5, 5.41) is 23.1. The topological polar surface area (TPSA) is 95.9 Å². The predicted octanol–water partition coefficient (Wildman–Crippen LogP) is 19.2. The van der Waals surface area contributed by atoms with Crippen LogP contribution in [-0.2, 0) is 14.3 Å². The van der Waals surface area contributed by atoms with Crippen molar-refractivity contribution >= 4 is 11.9 Å². The van der Waals surface area contributed by atoms with Gasteiger partial charge in [0.25, 0.3) is 0 Å². The van der Waals surface area contributed by atoms with Crippen LogP contribution in [0.2, 0.25) is 0 Å². The second kappa shape index (κ2) is 58.6. The molecule has 0 bridgehead atoms. The Hall–Kier alpha value is -1.92. The first kappa shape index (κ1) is 67.1. The molecule has 2 unspecified atom stereocenters. The van der Waals surface area contributed by atoms with Crippen molar-refractivity contribution < 1.29 is 24.5 Å². The van der Waals surface area contributed by atoms with Gasteiger partial charge in [0.1, 0.15) is 0 Å². The number of amides is 1. The standard InChI is InChI=1S/C63H119NO5/c1-3-5-7-9-11-13-15-17-19-29-33-37-41-45-49-53-57-63(68)69-58-54-50-46-42-38-34-30-26-24-22-20-21-23-25-28-32-36-40-44-48-52-56-62(67)64-60(59-65)61(66)55-51-47-43-39-35-31-27-18-16-14-12-10-8-6-4-2/h34,38,46,50-51,55,60-61,65-66H,3-33,35-37,39-45,47-49,52-54,56-59H2,1-2H3,(H,64,67)/b38-34-,50-46-,55-51+. The molecule has 0 saturated heterocycles. The van der Waals surface area contributed by atoms with Gasteiger partial charge >= 0.3 is 5.97 Å².